The van der Waals surface area contributed by atoms with E-state index >= 15 is 0 Å². The first-order valence-corrected chi connectivity index (χ1v) is 8.45. The first-order chi connectivity index (χ1) is 12.6. The molecule has 1 aliphatic rings. The zero-order valence-corrected chi connectivity index (χ0v) is 14.9. The van der Waals surface area contributed by atoms with E-state index < -0.39 is 35.5 Å². The summed E-state index contributed by atoms with van der Waals surface area (Å²) in [4.78, 5) is 25.9. The minimum Gasteiger partial charge on any atom is -0.338 e. The molecule has 1 saturated heterocycles. The van der Waals surface area contributed by atoms with Crippen molar-refractivity contribution in [3.63, 3.8) is 0 Å². The molecule has 0 N–H and O–H groups in total. The van der Waals surface area contributed by atoms with Gasteiger partial charge in [-0.3, -0.25) is 9.36 Å². The lowest BCUT2D eigenvalue weighted by molar-refractivity contribution is -0.147. The van der Waals surface area contributed by atoms with Crippen LogP contribution in [0.4, 0.5) is 17.6 Å². The predicted octanol–water partition coefficient (Wildman–Crippen LogP) is 2.87. The van der Waals surface area contributed by atoms with Gasteiger partial charge in [0.15, 0.2) is 0 Å². The van der Waals surface area contributed by atoms with Crippen molar-refractivity contribution in [2.45, 2.75) is 25.1 Å². The van der Waals surface area contributed by atoms with Crippen molar-refractivity contribution in [3.8, 4) is 0 Å². The summed E-state index contributed by atoms with van der Waals surface area (Å²) in [6.45, 7) is 0.275. The molecule has 6 nitrogen and oxygen atoms in total. The van der Waals surface area contributed by atoms with Crippen molar-refractivity contribution in [2.24, 2.45) is 7.05 Å². The number of halogens is 5. The maximum absolute atomic E-state index is 13.9. The zero-order valence-electron chi connectivity index (χ0n) is 14.1. The molecule has 1 aromatic heterocycles. The minimum absolute atomic E-state index is 0.0158. The average Bonchev–Trinajstić information content (AvgIpc) is 2.90. The number of piperidine rings is 1. The van der Waals surface area contributed by atoms with Crippen molar-refractivity contribution in [2.75, 3.05) is 13.1 Å². The second kappa shape index (κ2) is 6.99. The van der Waals surface area contributed by atoms with E-state index in [1.54, 1.807) is 0 Å². The van der Waals surface area contributed by atoms with Crippen LogP contribution in [-0.4, -0.2) is 38.2 Å². The Kier molecular flexibility index (Phi) is 5.02. The van der Waals surface area contributed by atoms with Gasteiger partial charge in [-0.15, -0.1) is 5.10 Å². The van der Waals surface area contributed by atoms with Crippen molar-refractivity contribution < 1.29 is 22.4 Å². The predicted molar refractivity (Wildman–Crippen MR) is 88.1 cm³/mol. The van der Waals surface area contributed by atoms with E-state index in [9.17, 15) is 27.2 Å². The van der Waals surface area contributed by atoms with Gasteiger partial charge in [0, 0.05) is 20.1 Å². The van der Waals surface area contributed by atoms with E-state index in [1.807, 2.05) is 0 Å². The Bertz CT molecular complexity index is 909. The summed E-state index contributed by atoms with van der Waals surface area (Å²) in [7, 11) is 1.01. The molecule has 1 aromatic carbocycles. The fourth-order valence-electron chi connectivity index (χ4n) is 3.11. The van der Waals surface area contributed by atoms with Gasteiger partial charge >= 0.3 is 11.9 Å². The molecule has 3 rings (SSSR count). The molecule has 0 unspecified atom stereocenters. The molecule has 1 fully saturated rings. The number of carbonyl (C=O) groups excluding carboxylic acids is 1. The van der Waals surface area contributed by atoms with Crippen LogP contribution in [0.3, 0.4) is 0 Å². The first-order valence-electron chi connectivity index (χ1n) is 8.07. The number of benzene rings is 1. The monoisotopic (exact) mass is 406 g/mol. The van der Waals surface area contributed by atoms with Crippen molar-refractivity contribution in [1.29, 1.82) is 0 Å². The molecule has 0 saturated carbocycles. The second-order valence-corrected chi connectivity index (χ2v) is 6.63. The van der Waals surface area contributed by atoms with Crippen LogP contribution < -0.4 is 5.69 Å². The zero-order chi connectivity index (χ0) is 19.9. The van der Waals surface area contributed by atoms with Gasteiger partial charge in [-0.1, -0.05) is 17.7 Å². The average molecular weight is 407 g/mol. The van der Waals surface area contributed by atoms with Crippen LogP contribution in [0.25, 0.3) is 0 Å². The third kappa shape index (κ3) is 3.58. The molecule has 0 atom stereocenters. The Balaban J connectivity index is 1.77. The number of nitrogens with zero attached hydrogens (tertiary/aromatic N) is 4. The highest BCUT2D eigenvalue weighted by Gasteiger charge is 2.39. The lowest BCUT2D eigenvalue weighted by Gasteiger charge is -2.31. The Morgan fingerprint density at radius 2 is 1.89 bits per heavy atom. The Morgan fingerprint density at radius 1 is 1.26 bits per heavy atom. The molecule has 1 amide bonds. The molecule has 1 aliphatic heterocycles. The Hall–Kier alpha value is -2.36. The fourth-order valence-corrected chi connectivity index (χ4v) is 3.36. The first kappa shape index (κ1) is 19.4. The molecule has 11 heteroatoms. The molecule has 2 heterocycles. The van der Waals surface area contributed by atoms with Crippen molar-refractivity contribution in [3.05, 3.63) is 50.9 Å². The van der Waals surface area contributed by atoms with Gasteiger partial charge in [-0.05, 0) is 25.0 Å². The smallest absolute Gasteiger partial charge is 0.338 e. The quantitative estimate of drug-likeness (QED) is 0.721. The fraction of sp³-hybridized carbons (Fsp3) is 0.438. The van der Waals surface area contributed by atoms with Crippen LogP contribution in [0, 0.1) is 5.82 Å². The summed E-state index contributed by atoms with van der Waals surface area (Å²) < 4.78 is 53.9. The number of hydrogen-bond acceptors (Lipinski definition) is 3. The van der Waals surface area contributed by atoms with Crippen LogP contribution in [-0.2, 0) is 13.2 Å². The molecule has 2 aromatic rings. The second-order valence-electron chi connectivity index (χ2n) is 6.23. The van der Waals surface area contributed by atoms with Gasteiger partial charge < -0.3 is 4.90 Å². The van der Waals surface area contributed by atoms with Gasteiger partial charge in [0.05, 0.1) is 16.6 Å². The Labute approximate surface area is 155 Å². The standard InChI is InChI=1S/C16H15ClF4N4O2/c1-23-14(16(19,20)21)22-25(15(23)27)9-5-7-24(8-6-9)13(26)12-10(17)3-2-4-11(12)18/h2-4,9H,5-8H2,1H3. The summed E-state index contributed by atoms with van der Waals surface area (Å²) in [6.07, 6.45) is -4.31. The number of likely N-dealkylation sites (tertiary alicyclic amines) is 1. The highest BCUT2D eigenvalue weighted by molar-refractivity contribution is 6.33. The van der Waals surface area contributed by atoms with Crippen LogP contribution in [0.5, 0.6) is 0 Å². The van der Waals surface area contributed by atoms with E-state index in [-0.39, 0.29) is 36.5 Å². The summed E-state index contributed by atoms with van der Waals surface area (Å²) in [5, 5.41) is 3.40. The molecular formula is C16H15ClF4N4O2. The van der Waals surface area contributed by atoms with Crippen molar-refractivity contribution >= 4 is 17.5 Å². The van der Waals surface area contributed by atoms with E-state index in [0.29, 0.717) is 4.57 Å². The number of amides is 1. The van der Waals surface area contributed by atoms with E-state index in [2.05, 4.69) is 5.10 Å². The summed E-state index contributed by atoms with van der Waals surface area (Å²) in [6, 6.07) is 3.32. The summed E-state index contributed by atoms with van der Waals surface area (Å²) in [5.74, 6) is -2.62. The van der Waals surface area contributed by atoms with E-state index in [1.165, 1.54) is 17.0 Å². The molecular weight excluding hydrogens is 392 g/mol. The molecule has 0 bridgehead atoms. The number of rotatable bonds is 2. The van der Waals surface area contributed by atoms with Gasteiger partial charge in [0.2, 0.25) is 5.82 Å². The normalized spacial score (nSPS) is 16.0. The SMILES string of the molecule is Cn1c(C(F)(F)F)nn(C2CCN(C(=O)c3c(F)cccc3Cl)CC2)c1=O. The van der Waals surface area contributed by atoms with Crippen LogP contribution in [0.1, 0.15) is 35.1 Å². The minimum atomic E-state index is -4.74. The van der Waals surface area contributed by atoms with Gasteiger partial charge in [0.25, 0.3) is 5.91 Å². The highest BCUT2D eigenvalue weighted by atomic mass is 35.5. The molecule has 0 spiro atoms. The Morgan fingerprint density at radius 3 is 2.41 bits per heavy atom. The summed E-state index contributed by atoms with van der Waals surface area (Å²) >= 11 is 5.90. The lowest BCUT2D eigenvalue weighted by Crippen LogP contribution is -2.41. The van der Waals surface area contributed by atoms with E-state index in [4.69, 9.17) is 11.6 Å². The molecule has 27 heavy (non-hydrogen) atoms. The van der Waals surface area contributed by atoms with Gasteiger partial charge in [-0.2, -0.15) is 13.2 Å². The molecule has 146 valence electrons. The highest BCUT2D eigenvalue weighted by Crippen LogP contribution is 2.29. The van der Waals surface area contributed by atoms with Crippen molar-refractivity contribution in [1.82, 2.24) is 19.2 Å². The largest absolute Gasteiger partial charge is 0.451 e. The number of alkyl halides is 3. The van der Waals surface area contributed by atoms with Crippen LogP contribution >= 0.6 is 11.6 Å². The van der Waals surface area contributed by atoms with Gasteiger partial charge in [0.1, 0.15) is 5.82 Å². The number of aromatic nitrogens is 3. The number of hydrogen-bond donors (Lipinski definition) is 0. The maximum atomic E-state index is 13.9. The van der Waals surface area contributed by atoms with Gasteiger partial charge in [-0.25, -0.2) is 13.9 Å². The third-order valence-corrected chi connectivity index (χ3v) is 4.85. The lowest BCUT2D eigenvalue weighted by atomic mass is 10.0. The topological polar surface area (TPSA) is 60.1 Å². The molecule has 0 radical (unpaired) electrons. The maximum Gasteiger partial charge on any atom is 0.451 e. The molecule has 0 aliphatic carbocycles. The van der Waals surface area contributed by atoms with Crippen LogP contribution in [0.15, 0.2) is 23.0 Å². The third-order valence-electron chi connectivity index (χ3n) is 4.53. The summed E-state index contributed by atoms with van der Waals surface area (Å²) in [5.41, 5.74) is -1.11. The van der Waals surface area contributed by atoms with Crippen LogP contribution in [0.2, 0.25) is 5.02 Å². The van der Waals surface area contributed by atoms with E-state index in [0.717, 1.165) is 17.8 Å². The number of carbonyl (C=O) groups is 1.